The Balaban J connectivity index is 1.61. The van der Waals surface area contributed by atoms with Gasteiger partial charge in [0.15, 0.2) is 5.82 Å². The zero-order valence-electron chi connectivity index (χ0n) is 17.2. The Morgan fingerprint density at radius 3 is 2.75 bits per heavy atom. The van der Waals surface area contributed by atoms with Crippen LogP contribution in [0.2, 0.25) is 0 Å². The lowest BCUT2D eigenvalue weighted by Crippen LogP contribution is -2.33. The van der Waals surface area contributed by atoms with Crippen LogP contribution < -0.4 is 5.32 Å². The van der Waals surface area contributed by atoms with Crippen molar-refractivity contribution in [2.45, 2.75) is 60.2 Å². The number of fused-ring (bicyclic) bond motifs is 1. The highest BCUT2D eigenvalue weighted by Gasteiger charge is 2.19. The maximum atomic E-state index is 4.93. The lowest BCUT2D eigenvalue weighted by atomic mass is 9.99. The molecule has 0 aromatic carbocycles. The molecule has 3 aromatic rings. The molecule has 4 heterocycles. The highest BCUT2D eigenvalue weighted by molar-refractivity contribution is 7.18. The number of nitrogens with zero attached hydrogens (tertiary/aromatic N) is 6. The maximum absolute atomic E-state index is 4.93. The zero-order chi connectivity index (χ0) is 19.7. The van der Waals surface area contributed by atoms with E-state index in [2.05, 4.69) is 48.1 Å². The summed E-state index contributed by atoms with van der Waals surface area (Å²) in [5.41, 5.74) is 1.26. The SMILES string of the molecule is CCn1cnnc1CNc1nc(CN2CCC(C)CC2)nc2sc(C)c(C)c12. The van der Waals surface area contributed by atoms with Crippen molar-refractivity contribution < 1.29 is 0 Å². The molecule has 0 bridgehead atoms. The van der Waals surface area contributed by atoms with Gasteiger partial charge < -0.3 is 9.88 Å². The van der Waals surface area contributed by atoms with Gasteiger partial charge in [0.2, 0.25) is 0 Å². The van der Waals surface area contributed by atoms with Crippen LogP contribution >= 0.6 is 11.3 Å². The fourth-order valence-electron chi connectivity index (χ4n) is 3.76. The normalized spacial score (nSPS) is 16.1. The first kappa shape index (κ1) is 19.3. The molecule has 4 rings (SSSR count). The van der Waals surface area contributed by atoms with Gasteiger partial charge in [-0.1, -0.05) is 6.92 Å². The Morgan fingerprint density at radius 2 is 2.00 bits per heavy atom. The monoisotopic (exact) mass is 399 g/mol. The number of rotatable bonds is 6. The number of likely N-dealkylation sites (tertiary alicyclic amines) is 1. The molecule has 1 aliphatic rings. The number of aromatic nitrogens is 5. The van der Waals surface area contributed by atoms with E-state index in [1.54, 1.807) is 17.7 Å². The van der Waals surface area contributed by atoms with E-state index in [9.17, 15) is 0 Å². The molecule has 1 fully saturated rings. The molecule has 28 heavy (non-hydrogen) atoms. The second-order valence-electron chi connectivity index (χ2n) is 7.80. The summed E-state index contributed by atoms with van der Waals surface area (Å²) in [4.78, 5) is 14.7. The maximum Gasteiger partial charge on any atom is 0.152 e. The second-order valence-corrected chi connectivity index (χ2v) is 9.00. The minimum atomic E-state index is 0.606. The van der Waals surface area contributed by atoms with Gasteiger partial charge in [0, 0.05) is 11.4 Å². The topological polar surface area (TPSA) is 71.8 Å². The van der Waals surface area contributed by atoms with Gasteiger partial charge in [0.1, 0.15) is 22.8 Å². The molecule has 0 saturated carbocycles. The van der Waals surface area contributed by atoms with Gasteiger partial charge in [-0.3, -0.25) is 4.90 Å². The molecule has 3 aromatic heterocycles. The Morgan fingerprint density at radius 1 is 1.21 bits per heavy atom. The van der Waals surface area contributed by atoms with Crippen LogP contribution in [0.15, 0.2) is 6.33 Å². The highest BCUT2D eigenvalue weighted by Crippen LogP contribution is 2.33. The third-order valence-electron chi connectivity index (χ3n) is 5.77. The Bertz CT molecular complexity index is 953. The third kappa shape index (κ3) is 3.89. The second kappa shape index (κ2) is 8.13. The summed E-state index contributed by atoms with van der Waals surface area (Å²) in [6, 6.07) is 0. The van der Waals surface area contributed by atoms with Gasteiger partial charge in [-0.05, 0) is 58.2 Å². The van der Waals surface area contributed by atoms with Crippen LogP contribution in [-0.2, 0) is 19.6 Å². The molecule has 7 nitrogen and oxygen atoms in total. The van der Waals surface area contributed by atoms with Gasteiger partial charge in [-0.2, -0.15) is 0 Å². The van der Waals surface area contributed by atoms with Gasteiger partial charge >= 0.3 is 0 Å². The number of nitrogens with one attached hydrogen (secondary N) is 1. The largest absolute Gasteiger partial charge is 0.362 e. The van der Waals surface area contributed by atoms with Crippen LogP contribution in [0, 0.1) is 19.8 Å². The first-order valence-electron chi connectivity index (χ1n) is 10.1. The summed E-state index contributed by atoms with van der Waals surface area (Å²) >= 11 is 1.76. The van der Waals surface area contributed by atoms with Crippen molar-refractivity contribution >= 4 is 27.4 Å². The van der Waals surface area contributed by atoms with E-state index in [4.69, 9.17) is 9.97 Å². The van der Waals surface area contributed by atoms with Crippen LogP contribution in [0.3, 0.4) is 0 Å². The summed E-state index contributed by atoms with van der Waals surface area (Å²) in [6.07, 6.45) is 4.30. The number of hydrogen-bond acceptors (Lipinski definition) is 7. The zero-order valence-corrected chi connectivity index (χ0v) is 18.0. The first-order valence-corrected chi connectivity index (χ1v) is 11.0. The summed E-state index contributed by atoms with van der Waals surface area (Å²) in [5.74, 6) is 3.57. The van der Waals surface area contributed by atoms with Crippen molar-refractivity contribution in [2.24, 2.45) is 5.92 Å². The van der Waals surface area contributed by atoms with E-state index in [-0.39, 0.29) is 0 Å². The van der Waals surface area contributed by atoms with Crippen LogP contribution in [0.4, 0.5) is 5.82 Å². The summed E-state index contributed by atoms with van der Waals surface area (Å²) in [6.45, 7) is 13.3. The molecule has 1 aliphatic heterocycles. The smallest absolute Gasteiger partial charge is 0.152 e. The Hall–Kier alpha value is -2.06. The number of anilines is 1. The lowest BCUT2D eigenvalue weighted by Gasteiger charge is -2.29. The van der Waals surface area contributed by atoms with E-state index in [0.29, 0.717) is 6.54 Å². The van der Waals surface area contributed by atoms with Crippen LogP contribution in [0.1, 0.15) is 48.8 Å². The number of thiophene rings is 1. The van der Waals surface area contributed by atoms with Crippen molar-refractivity contribution in [1.29, 1.82) is 0 Å². The predicted octanol–water partition coefficient (Wildman–Crippen LogP) is 3.76. The Labute approximate surface area is 170 Å². The molecule has 0 unspecified atom stereocenters. The van der Waals surface area contributed by atoms with Gasteiger partial charge in [0.25, 0.3) is 0 Å². The van der Waals surface area contributed by atoms with E-state index in [1.807, 2.05) is 4.57 Å². The summed E-state index contributed by atoms with van der Waals surface area (Å²) in [7, 11) is 0. The van der Waals surface area contributed by atoms with Crippen molar-refractivity contribution in [3.63, 3.8) is 0 Å². The van der Waals surface area contributed by atoms with E-state index >= 15 is 0 Å². The number of piperidine rings is 1. The summed E-state index contributed by atoms with van der Waals surface area (Å²) < 4.78 is 2.05. The van der Waals surface area contributed by atoms with Gasteiger partial charge in [-0.15, -0.1) is 21.5 Å². The Kier molecular flexibility index (Phi) is 5.59. The quantitative estimate of drug-likeness (QED) is 0.680. The highest BCUT2D eigenvalue weighted by atomic mass is 32.1. The van der Waals surface area contributed by atoms with Crippen molar-refractivity contribution in [2.75, 3.05) is 18.4 Å². The van der Waals surface area contributed by atoms with Crippen LogP contribution in [0.5, 0.6) is 0 Å². The molecule has 8 heteroatoms. The number of aryl methyl sites for hydroxylation is 3. The molecule has 0 radical (unpaired) electrons. The fraction of sp³-hybridized carbons (Fsp3) is 0.600. The number of hydrogen-bond donors (Lipinski definition) is 1. The van der Waals surface area contributed by atoms with E-state index in [1.165, 1.54) is 23.3 Å². The molecule has 1 N–H and O–H groups in total. The van der Waals surface area contributed by atoms with Crippen molar-refractivity contribution in [3.8, 4) is 0 Å². The van der Waals surface area contributed by atoms with E-state index < -0.39 is 0 Å². The molecule has 1 saturated heterocycles. The van der Waals surface area contributed by atoms with Crippen molar-refractivity contribution in [1.82, 2.24) is 29.6 Å². The minimum Gasteiger partial charge on any atom is -0.362 e. The molecule has 0 spiro atoms. The lowest BCUT2D eigenvalue weighted by molar-refractivity contribution is 0.181. The molecule has 0 atom stereocenters. The third-order valence-corrected chi connectivity index (χ3v) is 6.87. The van der Waals surface area contributed by atoms with Crippen LogP contribution in [0.25, 0.3) is 10.2 Å². The predicted molar refractivity (Wildman–Crippen MR) is 114 cm³/mol. The van der Waals surface area contributed by atoms with E-state index in [0.717, 1.165) is 59.8 Å². The molecule has 0 aliphatic carbocycles. The fourth-order valence-corrected chi connectivity index (χ4v) is 4.80. The first-order chi connectivity index (χ1) is 13.5. The molecular formula is C20H29N7S. The summed E-state index contributed by atoms with van der Waals surface area (Å²) in [5, 5.41) is 12.9. The molecular weight excluding hydrogens is 370 g/mol. The van der Waals surface area contributed by atoms with Crippen molar-refractivity contribution in [3.05, 3.63) is 28.4 Å². The average molecular weight is 400 g/mol. The average Bonchev–Trinajstić information content (AvgIpc) is 3.26. The standard InChI is InChI=1S/C20H29N7S/c1-5-27-12-22-25-17(27)10-21-19-18-14(3)15(4)28-20(18)24-16(23-19)11-26-8-6-13(2)7-9-26/h12-13H,5-11H2,1-4H3,(H,21,23,24). The molecule has 150 valence electrons. The molecule has 0 amide bonds. The minimum absolute atomic E-state index is 0.606. The van der Waals surface area contributed by atoms with Gasteiger partial charge in [-0.25, -0.2) is 9.97 Å². The van der Waals surface area contributed by atoms with Crippen LogP contribution in [-0.4, -0.2) is 42.7 Å². The van der Waals surface area contributed by atoms with Gasteiger partial charge in [0.05, 0.1) is 18.5 Å².